The Morgan fingerprint density at radius 1 is 1.32 bits per heavy atom. The molecule has 0 atom stereocenters. The Balaban J connectivity index is 1.63. The number of amides is 2. The Labute approximate surface area is 160 Å². The molecule has 2 aromatic heterocycles. The molecule has 144 valence electrons. The van der Waals surface area contributed by atoms with E-state index in [1.807, 2.05) is 18.4 Å². The maximum absolute atomic E-state index is 12.9. The molecular weight excluding hydrogens is 360 g/mol. The molecule has 2 aliphatic rings. The van der Waals surface area contributed by atoms with Crippen LogP contribution in [0.25, 0.3) is 11.0 Å². The Bertz CT molecular complexity index is 1150. The minimum Gasteiger partial charge on any atom is -0.489 e. The van der Waals surface area contributed by atoms with E-state index in [1.165, 1.54) is 0 Å². The third-order valence-corrected chi connectivity index (χ3v) is 5.46. The Morgan fingerprint density at radius 2 is 2.11 bits per heavy atom. The molecule has 0 bridgehead atoms. The highest BCUT2D eigenvalue weighted by Gasteiger charge is 2.50. The minimum atomic E-state index is -0.545. The summed E-state index contributed by atoms with van der Waals surface area (Å²) >= 11 is 0. The molecule has 1 aromatic carbocycles. The number of benzene rings is 1. The van der Waals surface area contributed by atoms with Crippen molar-refractivity contribution in [2.75, 3.05) is 11.9 Å². The number of ether oxygens (including phenoxy) is 1. The van der Waals surface area contributed by atoms with Gasteiger partial charge in [0.15, 0.2) is 0 Å². The molecule has 3 N–H and O–H groups in total. The number of nitrogens with zero attached hydrogens (tertiary/aromatic N) is 4. The van der Waals surface area contributed by atoms with Crippen molar-refractivity contribution in [1.82, 2.24) is 19.3 Å². The van der Waals surface area contributed by atoms with Crippen molar-refractivity contribution >= 4 is 28.8 Å². The topological polar surface area (TPSA) is 117 Å². The number of rotatable bonds is 4. The molecule has 9 nitrogen and oxygen atoms in total. The van der Waals surface area contributed by atoms with Gasteiger partial charge in [-0.1, -0.05) is 0 Å². The van der Waals surface area contributed by atoms with E-state index in [0.717, 1.165) is 24.1 Å². The van der Waals surface area contributed by atoms with Gasteiger partial charge in [0, 0.05) is 12.1 Å². The predicted octanol–water partition coefficient (Wildman–Crippen LogP) is 1.79. The van der Waals surface area contributed by atoms with Crippen LogP contribution in [0.2, 0.25) is 0 Å². The number of carbonyl (C=O) groups excluding carboxylic acids is 2. The summed E-state index contributed by atoms with van der Waals surface area (Å²) in [5.41, 5.74) is 8.19. The van der Waals surface area contributed by atoms with Crippen LogP contribution in [0.3, 0.4) is 0 Å². The quantitative estimate of drug-likeness (QED) is 0.716. The number of fused-ring (bicyclic) bond motifs is 1. The summed E-state index contributed by atoms with van der Waals surface area (Å²) in [6.45, 7) is 4.86. The molecule has 9 heteroatoms. The fourth-order valence-corrected chi connectivity index (χ4v) is 3.89. The summed E-state index contributed by atoms with van der Waals surface area (Å²) in [7, 11) is 0. The highest BCUT2D eigenvalue weighted by atomic mass is 16.5. The van der Waals surface area contributed by atoms with Crippen LogP contribution in [-0.2, 0) is 12.1 Å². The van der Waals surface area contributed by atoms with Crippen LogP contribution in [0.4, 0.5) is 5.95 Å². The summed E-state index contributed by atoms with van der Waals surface area (Å²) in [6, 6.07) is 5.03. The smallest absolute Gasteiger partial charge is 0.276 e. The van der Waals surface area contributed by atoms with Crippen LogP contribution in [0, 0.1) is 6.92 Å². The molecule has 3 aromatic rings. The van der Waals surface area contributed by atoms with E-state index < -0.39 is 5.91 Å². The minimum absolute atomic E-state index is 0.195. The molecule has 1 fully saturated rings. The van der Waals surface area contributed by atoms with Crippen molar-refractivity contribution in [2.45, 2.75) is 38.8 Å². The second-order valence-electron chi connectivity index (χ2n) is 7.43. The number of aromatic nitrogens is 4. The van der Waals surface area contributed by atoms with E-state index in [-0.39, 0.29) is 11.4 Å². The van der Waals surface area contributed by atoms with Gasteiger partial charge >= 0.3 is 0 Å². The van der Waals surface area contributed by atoms with E-state index in [2.05, 4.69) is 15.4 Å². The first-order chi connectivity index (χ1) is 13.4. The number of imidazole rings is 1. The van der Waals surface area contributed by atoms with Gasteiger partial charge in [-0.25, -0.2) is 4.98 Å². The van der Waals surface area contributed by atoms with Gasteiger partial charge in [-0.3, -0.25) is 24.2 Å². The molecule has 5 rings (SSSR count). The van der Waals surface area contributed by atoms with Gasteiger partial charge in [-0.05, 0) is 44.9 Å². The maximum Gasteiger partial charge on any atom is 0.276 e. The van der Waals surface area contributed by atoms with E-state index in [0.29, 0.717) is 41.6 Å². The van der Waals surface area contributed by atoms with E-state index in [9.17, 15) is 9.59 Å². The second-order valence-corrected chi connectivity index (χ2v) is 7.43. The molecule has 2 amide bonds. The fourth-order valence-electron chi connectivity index (χ4n) is 3.89. The fraction of sp³-hybridized carbons (Fsp3) is 0.368. The molecule has 1 spiro atoms. The third kappa shape index (κ3) is 2.32. The lowest BCUT2D eigenvalue weighted by Gasteiger charge is -2.27. The lowest BCUT2D eigenvalue weighted by molar-refractivity contribution is 0.0995. The second kappa shape index (κ2) is 5.57. The van der Waals surface area contributed by atoms with Gasteiger partial charge in [0.1, 0.15) is 23.6 Å². The average molecular weight is 380 g/mol. The lowest BCUT2D eigenvalue weighted by Crippen LogP contribution is -2.31. The molecular formula is C19H20N6O3. The largest absolute Gasteiger partial charge is 0.489 e. The van der Waals surface area contributed by atoms with Crippen LogP contribution < -0.4 is 15.8 Å². The van der Waals surface area contributed by atoms with Gasteiger partial charge in [0.05, 0.1) is 16.7 Å². The number of nitrogens with two attached hydrogens (primary N) is 1. The average Bonchev–Trinajstić information content (AvgIpc) is 3.16. The van der Waals surface area contributed by atoms with Crippen molar-refractivity contribution in [3.8, 4) is 5.75 Å². The first-order valence-electron chi connectivity index (χ1n) is 9.27. The zero-order valence-electron chi connectivity index (χ0n) is 15.7. The van der Waals surface area contributed by atoms with Gasteiger partial charge in [0.25, 0.3) is 5.91 Å². The first-order valence-corrected chi connectivity index (χ1v) is 9.27. The predicted molar refractivity (Wildman–Crippen MR) is 102 cm³/mol. The molecule has 0 radical (unpaired) electrons. The van der Waals surface area contributed by atoms with E-state index >= 15 is 0 Å². The van der Waals surface area contributed by atoms with Crippen molar-refractivity contribution in [1.29, 1.82) is 0 Å². The highest BCUT2D eigenvalue weighted by Crippen LogP contribution is 2.51. The van der Waals surface area contributed by atoms with Gasteiger partial charge in [0.2, 0.25) is 11.9 Å². The van der Waals surface area contributed by atoms with E-state index in [1.54, 1.807) is 22.9 Å². The van der Waals surface area contributed by atoms with Crippen molar-refractivity contribution in [3.05, 3.63) is 35.2 Å². The number of primary amides is 1. The SMILES string of the molecule is CCn1nc(C)cc1C(=O)Nc1nc2cc(C(N)=O)cc3c2n1C1(CC1)CO3. The number of anilines is 1. The summed E-state index contributed by atoms with van der Waals surface area (Å²) in [6.07, 6.45) is 1.90. The zero-order chi connectivity index (χ0) is 19.6. The number of hydrogen-bond donors (Lipinski definition) is 2. The van der Waals surface area contributed by atoms with Gasteiger partial charge in [-0.15, -0.1) is 0 Å². The summed E-state index contributed by atoms with van der Waals surface area (Å²) in [4.78, 5) is 29.2. The van der Waals surface area contributed by atoms with Crippen LogP contribution in [0.5, 0.6) is 5.75 Å². The molecule has 1 saturated carbocycles. The zero-order valence-corrected chi connectivity index (χ0v) is 15.7. The Morgan fingerprint density at radius 3 is 2.79 bits per heavy atom. The van der Waals surface area contributed by atoms with Crippen LogP contribution in [-0.4, -0.2) is 37.8 Å². The lowest BCUT2D eigenvalue weighted by atomic mass is 10.1. The van der Waals surface area contributed by atoms with Crippen LogP contribution >= 0.6 is 0 Å². The molecule has 1 aliphatic heterocycles. The standard InChI is InChI=1S/C19H20N6O3/c1-3-24-13(6-10(2)23-24)17(27)22-18-21-12-7-11(16(20)26)8-14-15(12)25(18)19(4-5-19)9-28-14/h6-8H,3-5,9H2,1-2H3,(H2,20,26)(H,21,22,27). The monoisotopic (exact) mass is 380 g/mol. The normalized spacial score (nSPS) is 16.2. The molecule has 0 saturated heterocycles. The summed E-state index contributed by atoms with van der Waals surface area (Å²) in [5.74, 6) is 0.195. The van der Waals surface area contributed by atoms with Crippen molar-refractivity contribution in [2.24, 2.45) is 5.73 Å². The van der Waals surface area contributed by atoms with Crippen LogP contribution in [0.15, 0.2) is 18.2 Å². The highest BCUT2D eigenvalue weighted by molar-refractivity contribution is 6.04. The Kier molecular flexibility index (Phi) is 3.34. The maximum atomic E-state index is 12.9. The molecule has 3 heterocycles. The van der Waals surface area contributed by atoms with Crippen molar-refractivity contribution < 1.29 is 14.3 Å². The molecule has 28 heavy (non-hydrogen) atoms. The Hall–Kier alpha value is -3.36. The number of carbonyl (C=O) groups is 2. The third-order valence-electron chi connectivity index (χ3n) is 5.46. The van der Waals surface area contributed by atoms with E-state index in [4.69, 9.17) is 10.5 Å². The number of aryl methyl sites for hydroxylation is 2. The van der Waals surface area contributed by atoms with Gasteiger partial charge < -0.3 is 10.5 Å². The summed E-state index contributed by atoms with van der Waals surface area (Å²) < 4.78 is 9.62. The summed E-state index contributed by atoms with van der Waals surface area (Å²) in [5, 5.41) is 7.27. The first kappa shape index (κ1) is 16.8. The van der Waals surface area contributed by atoms with Gasteiger partial charge in [-0.2, -0.15) is 5.10 Å². The number of hydrogen-bond acceptors (Lipinski definition) is 5. The van der Waals surface area contributed by atoms with Crippen LogP contribution in [0.1, 0.15) is 46.3 Å². The number of nitrogens with one attached hydrogen (secondary N) is 1. The molecule has 0 unspecified atom stereocenters. The molecule has 1 aliphatic carbocycles. The van der Waals surface area contributed by atoms with Crippen molar-refractivity contribution in [3.63, 3.8) is 0 Å².